The summed E-state index contributed by atoms with van der Waals surface area (Å²) < 4.78 is 25.2. The first-order valence-corrected chi connectivity index (χ1v) is 10.7. The first-order chi connectivity index (χ1) is 11.4. The summed E-state index contributed by atoms with van der Waals surface area (Å²) in [5.41, 5.74) is 2.42. The molecule has 1 heterocycles. The molecule has 1 aromatic carbocycles. The van der Waals surface area contributed by atoms with Crippen molar-refractivity contribution in [3.05, 3.63) is 29.3 Å². The van der Waals surface area contributed by atoms with E-state index in [4.69, 9.17) is 0 Å². The first-order valence-electron chi connectivity index (χ1n) is 9.02. The Kier molecular flexibility index (Phi) is 5.00. The van der Waals surface area contributed by atoms with Crippen LogP contribution in [-0.2, 0) is 27.5 Å². The fraction of sp³-hybridized carbons (Fsp3) is 0.632. The van der Waals surface area contributed by atoms with E-state index in [0.717, 1.165) is 44.2 Å². The number of carbonyl (C=O) groups excluding carboxylic acids is 1. The Hall–Kier alpha value is -1.36. The van der Waals surface area contributed by atoms with Crippen LogP contribution in [0.1, 0.15) is 50.7 Å². The minimum absolute atomic E-state index is 0.0177. The van der Waals surface area contributed by atoms with E-state index in [-0.39, 0.29) is 24.1 Å². The Balaban J connectivity index is 1.66. The molecule has 0 spiro atoms. The molecule has 5 heteroatoms. The third kappa shape index (κ3) is 3.51. The van der Waals surface area contributed by atoms with Crippen LogP contribution in [0.15, 0.2) is 23.1 Å². The van der Waals surface area contributed by atoms with Crippen LogP contribution in [-0.4, -0.2) is 37.6 Å². The summed E-state index contributed by atoms with van der Waals surface area (Å²) in [6, 6.07) is 5.72. The Bertz CT molecular complexity index is 724. The van der Waals surface area contributed by atoms with E-state index in [2.05, 4.69) is 13.8 Å². The van der Waals surface area contributed by atoms with Crippen molar-refractivity contribution in [3.63, 3.8) is 0 Å². The minimum Gasteiger partial charge on any atom is -0.339 e. The summed E-state index contributed by atoms with van der Waals surface area (Å²) >= 11 is 0. The predicted octanol–water partition coefficient (Wildman–Crippen LogP) is 2.99. The van der Waals surface area contributed by atoms with Crippen molar-refractivity contribution in [2.75, 3.05) is 12.3 Å². The Labute approximate surface area is 145 Å². The number of amides is 1. The Morgan fingerprint density at radius 2 is 1.96 bits per heavy atom. The van der Waals surface area contributed by atoms with Gasteiger partial charge in [-0.25, -0.2) is 8.42 Å². The van der Waals surface area contributed by atoms with Gasteiger partial charge in [0, 0.05) is 19.0 Å². The number of hydrogen-bond acceptors (Lipinski definition) is 3. The lowest BCUT2D eigenvalue weighted by Crippen LogP contribution is -2.39. The van der Waals surface area contributed by atoms with E-state index in [1.165, 1.54) is 5.56 Å². The van der Waals surface area contributed by atoms with Gasteiger partial charge in [-0.05, 0) is 61.3 Å². The maximum Gasteiger partial charge on any atom is 0.223 e. The summed E-state index contributed by atoms with van der Waals surface area (Å²) in [6.45, 7) is 5.01. The van der Waals surface area contributed by atoms with Crippen molar-refractivity contribution in [2.45, 2.75) is 63.3 Å². The summed E-state index contributed by atoms with van der Waals surface area (Å²) in [7, 11) is -3.39. The number of fused-ring (bicyclic) bond motifs is 1. The molecule has 1 fully saturated rings. The number of aryl methyl sites for hydroxylation is 2. The molecule has 1 atom stereocenters. The molecule has 132 valence electrons. The number of carbonyl (C=O) groups is 1. The number of nitrogens with zero attached hydrogens (tertiary/aromatic N) is 1. The normalized spacial score (nSPS) is 20.6. The highest BCUT2D eigenvalue weighted by Crippen LogP contribution is 2.27. The lowest BCUT2D eigenvalue weighted by Gasteiger charge is -2.27. The predicted molar refractivity (Wildman–Crippen MR) is 94.7 cm³/mol. The number of benzene rings is 1. The van der Waals surface area contributed by atoms with Crippen LogP contribution in [0.4, 0.5) is 0 Å². The quantitative estimate of drug-likeness (QED) is 0.821. The van der Waals surface area contributed by atoms with Crippen molar-refractivity contribution in [3.8, 4) is 0 Å². The first kappa shape index (κ1) is 17.5. The molecule has 0 saturated carbocycles. The van der Waals surface area contributed by atoms with Gasteiger partial charge in [-0.3, -0.25) is 4.79 Å². The Morgan fingerprint density at radius 3 is 2.71 bits per heavy atom. The van der Waals surface area contributed by atoms with Crippen LogP contribution >= 0.6 is 0 Å². The molecule has 4 nitrogen and oxygen atoms in total. The maximum atomic E-state index is 12.6. The zero-order chi connectivity index (χ0) is 17.3. The minimum atomic E-state index is -3.39. The lowest BCUT2D eigenvalue weighted by atomic mass is 10.0. The van der Waals surface area contributed by atoms with Crippen LogP contribution in [0.2, 0.25) is 0 Å². The third-order valence-corrected chi connectivity index (χ3v) is 7.12. The van der Waals surface area contributed by atoms with Crippen LogP contribution < -0.4 is 0 Å². The highest BCUT2D eigenvalue weighted by molar-refractivity contribution is 7.91. The smallest absolute Gasteiger partial charge is 0.223 e. The van der Waals surface area contributed by atoms with E-state index in [9.17, 15) is 13.2 Å². The van der Waals surface area contributed by atoms with Gasteiger partial charge < -0.3 is 4.90 Å². The summed E-state index contributed by atoms with van der Waals surface area (Å²) in [4.78, 5) is 14.8. The molecule has 0 N–H and O–H groups in total. The average Bonchev–Trinajstić information content (AvgIpc) is 3.20. The van der Waals surface area contributed by atoms with Crippen molar-refractivity contribution in [2.24, 2.45) is 5.92 Å². The molecule has 2 aliphatic rings. The van der Waals surface area contributed by atoms with Crippen LogP contribution in [0.5, 0.6) is 0 Å². The highest BCUT2D eigenvalue weighted by atomic mass is 32.2. The SMILES string of the molecule is CC(C)[C@@H]1CCCN1C(=O)CCS(=O)(=O)c1ccc2c(c1)CCC2. The highest BCUT2D eigenvalue weighted by Gasteiger charge is 2.31. The van der Waals surface area contributed by atoms with E-state index >= 15 is 0 Å². The van der Waals surface area contributed by atoms with E-state index in [1.807, 2.05) is 17.0 Å². The monoisotopic (exact) mass is 349 g/mol. The van der Waals surface area contributed by atoms with Gasteiger partial charge in [-0.1, -0.05) is 19.9 Å². The second kappa shape index (κ2) is 6.87. The van der Waals surface area contributed by atoms with Gasteiger partial charge in [-0.2, -0.15) is 0 Å². The van der Waals surface area contributed by atoms with E-state index < -0.39 is 9.84 Å². The molecule has 1 aromatic rings. The molecule has 0 unspecified atom stereocenters. The van der Waals surface area contributed by atoms with Crippen molar-refractivity contribution >= 4 is 15.7 Å². The fourth-order valence-corrected chi connectivity index (χ4v) is 5.30. The van der Waals surface area contributed by atoms with Gasteiger partial charge in [0.25, 0.3) is 0 Å². The van der Waals surface area contributed by atoms with Gasteiger partial charge in [-0.15, -0.1) is 0 Å². The molecule has 0 radical (unpaired) electrons. The molecule has 1 amide bonds. The van der Waals surface area contributed by atoms with E-state index in [0.29, 0.717) is 10.8 Å². The zero-order valence-electron chi connectivity index (χ0n) is 14.6. The number of hydrogen-bond donors (Lipinski definition) is 0. The molecule has 0 aromatic heterocycles. The van der Waals surface area contributed by atoms with Crippen LogP contribution in [0, 0.1) is 5.92 Å². The fourth-order valence-electron chi connectivity index (χ4n) is 4.02. The molecule has 1 saturated heterocycles. The van der Waals surface area contributed by atoms with Crippen molar-refractivity contribution in [1.29, 1.82) is 0 Å². The molecular formula is C19H27NO3S. The molecular weight excluding hydrogens is 322 g/mol. The van der Waals surface area contributed by atoms with Gasteiger partial charge in [0.1, 0.15) is 0 Å². The average molecular weight is 349 g/mol. The molecule has 24 heavy (non-hydrogen) atoms. The lowest BCUT2D eigenvalue weighted by molar-refractivity contribution is -0.132. The topological polar surface area (TPSA) is 54.5 Å². The number of rotatable bonds is 5. The van der Waals surface area contributed by atoms with Gasteiger partial charge in [0.2, 0.25) is 5.91 Å². The third-order valence-electron chi connectivity index (χ3n) is 5.40. The van der Waals surface area contributed by atoms with Gasteiger partial charge >= 0.3 is 0 Å². The summed E-state index contributed by atoms with van der Waals surface area (Å²) in [6.07, 6.45) is 5.24. The van der Waals surface area contributed by atoms with Crippen LogP contribution in [0.3, 0.4) is 0 Å². The maximum absolute atomic E-state index is 12.6. The van der Waals surface area contributed by atoms with Crippen molar-refractivity contribution < 1.29 is 13.2 Å². The standard InChI is InChI=1S/C19H27NO3S/c1-14(2)18-7-4-11-20(18)19(21)10-12-24(22,23)17-9-8-15-5-3-6-16(15)13-17/h8-9,13-14,18H,3-7,10-12H2,1-2H3/t18-/m0/s1. The molecule has 1 aliphatic carbocycles. The molecule has 3 rings (SSSR count). The summed E-state index contributed by atoms with van der Waals surface area (Å²) in [5.74, 6) is 0.312. The molecule has 0 bridgehead atoms. The second-order valence-corrected chi connectivity index (χ2v) is 9.50. The number of sulfone groups is 1. The largest absolute Gasteiger partial charge is 0.339 e. The molecule has 1 aliphatic heterocycles. The van der Waals surface area contributed by atoms with Crippen LogP contribution in [0.25, 0.3) is 0 Å². The van der Waals surface area contributed by atoms with Gasteiger partial charge in [0.05, 0.1) is 10.6 Å². The Morgan fingerprint density at radius 1 is 1.21 bits per heavy atom. The van der Waals surface area contributed by atoms with E-state index in [1.54, 1.807) is 6.07 Å². The van der Waals surface area contributed by atoms with Crippen molar-refractivity contribution in [1.82, 2.24) is 4.90 Å². The summed E-state index contributed by atoms with van der Waals surface area (Å²) in [5, 5.41) is 0. The number of likely N-dealkylation sites (tertiary alicyclic amines) is 1. The van der Waals surface area contributed by atoms with Gasteiger partial charge in [0.15, 0.2) is 9.84 Å². The second-order valence-electron chi connectivity index (χ2n) is 7.39. The zero-order valence-corrected chi connectivity index (χ0v) is 15.4.